The zero-order valence-corrected chi connectivity index (χ0v) is 12.2. The van der Waals surface area contributed by atoms with E-state index in [9.17, 15) is 31.1 Å². The average Bonchev–Trinajstić information content (AvgIpc) is 2.51. The maximum Gasteiger partial charge on any atom is 0.343 e. The summed E-state index contributed by atoms with van der Waals surface area (Å²) >= 11 is 0.710. The van der Waals surface area contributed by atoms with Crippen molar-refractivity contribution >= 4 is 16.9 Å². The molecule has 1 aromatic rings. The van der Waals surface area contributed by atoms with Crippen LogP contribution in [-0.2, 0) is 0 Å². The molecule has 0 spiro atoms. The third-order valence-corrected chi connectivity index (χ3v) is 3.88. The lowest BCUT2D eigenvalue weighted by Crippen LogP contribution is -2.48. The number of rotatable bonds is 8. The second kappa shape index (κ2) is 7.89. The van der Waals surface area contributed by atoms with Gasteiger partial charge in [0, 0.05) is 17.7 Å². The van der Waals surface area contributed by atoms with Gasteiger partial charge in [0.15, 0.2) is 6.17 Å². The summed E-state index contributed by atoms with van der Waals surface area (Å²) in [6.45, 7) is -2.18. The summed E-state index contributed by atoms with van der Waals surface area (Å²) in [5.41, 5.74) is 0.367. The van der Waals surface area contributed by atoms with Gasteiger partial charge in [0.05, 0.1) is 0 Å². The molecule has 0 aliphatic carbocycles. The van der Waals surface area contributed by atoms with Crippen LogP contribution >= 0.6 is 11.8 Å². The van der Waals surface area contributed by atoms with Gasteiger partial charge < -0.3 is 0 Å². The van der Waals surface area contributed by atoms with E-state index in [4.69, 9.17) is 0 Å². The predicted molar refractivity (Wildman–Crippen MR) is 73.2 cm³/mol. The second-order valence-electron chi connectivity index (χ2n) is 4.55. The molecule has 1 nitrogen and oxygen atoms in total. The van der Waals surface area contributed by atoms with Gasteiger partial charge in [0.1, 0.15) is 6.67 Å². The second-order valence-corrected chi connectivity index (χ2v) is 5.62. The smallest absolute Gasteiger partial charge is 0.282 e. The summed E-state index contributed by atoms with van der Waals surface area (Å²) in [4.78, 5) is 11.6. The van der Waals surface area contributed by atoms with E-state index < -0.39 is 37.5 Å². The fourth-order valence-corrected chi connectivity index (χ4v) is 2.39. The highest BCUT2D eigenvalue weighted by Crippen LogP contribution is 2.41. The lowest BCUT2D eigenvalue weighted by atomic mass is 10.0. The van der Waals surface area contributed by atoms with Crippen molar-refractivity contribution in [1.82, 2.24) is 0 Å². The minimum atomic E-state index is -5.06. The number of benzene rings is 1. The molecule has 0 saturated heterocycles. The molecule has 0 heterocycles. The van der Waals surface area contributed by atoms with Crippen LogP contribution in [0.25, 0.3) is 0 Å². The summed E-state index contributed by atoms with van der Waals surface area (Å²) < 4.78 is 76.9. The van der Waals surface area contributed by atoms with Crippen molar-refractivity contribution in [2.45, 2.75) is 30.9 Å². The molecule has 22 heavy (non-hydrogen) atoms. The van der Waals surface area contributed by atoms with E-state index in [0.717, 1.165) is 0 Å². The third kappa shape index (κ3) is 4.66. The minimum absolute atomic E-state index is 0.119. The van der Waals surface area contributed by atoms with E-state index in [1.165, 1.54) is 12.1 Å². The van der Waals surface area contributed by atoms with E-state index in [1.807, 2.05) is 0 Å². The Morgan fingerprint density at radius 1 is 1.14 bits per heavy atom. The Balaban J connectivity index is 2.45. The molecule has 0 amide bonds. The average molecular weight is 344 g/mol. The number of hydrogen-bond donors (Lipinski definition) is 0. The van der Waals surface area contributed by atoms with E-state index in [0.29, 0.717) is 17.3 Å². The summed E-state index contributed by atoms with van der Waals surface area (Å²) in [6.07, 6.45) is -5.29. The molecule has 0 radical (unpaired) electrons. The normalized spacial score (nSPS) is 13.9. The molecular weight excluding hydrogens is 330 g/mol. The Morgan fingerprint density at radius 2 is 1.73 bits per heavy atom. The molecule has 1 rings (SSSR count). The molecule has 0 fully saturated rings. The van der Waals surface area contributed by atoms with Gasteiger partial charge in [-0.05, 0) is 6.42 Å². The standard InChI is InChI=1S/C14H14F6OS/c15-9-11(16)14(19,20)13(17,18)7-4-8-22-12(21)10-5-2-1-3-6-10/h1-3,5-6,11H,4,7-9H2. The Morgan fingerprint density at radius 3 is 2.27 bits per heavy atom. The van der Waals surface area contributed by atoms with E-state index in [-0.39, 0.29) is 10.9 Å². The lowest BCUT2D eigenvalue weighted by molar-refractivity contribution is -0.243. The van der Waals surface area contributed by atoms with Crippen molar-refractivity contribution in [3.8, 4) is 0 Å². The van der Waals surface area contributed by atoms with Crippen molar-refractivity contribution < 1.29 is 31.1 Å². The predicted octanol–water partition coefficient (Wildman–Crippen LogP) is 4.92. The third-order valence-electron chi connectivity index (χ3n) is 2.89. The molecule has 0 bridgehead atoms. The Hall–Kier alpha value is -1.18. The summed E-state index contributed by atoms with van der Waals surface area (Å²) in [6, 6.07) is 8.02. The first-order valence-electron chi connectivity index (χ1n) is 6.40. The molecule has 8 heteroatoms. The van der Waals surface area contributed by atoms with Crippen LogP contribution in [0.3, 0.4) is 0 Å². The van der Waals surface area contributed by atoms with Gasteiger partial charge >= 0.3 is 11.8 Å². The lowest BCUT2D eigenvalue weighted by Gasteiger charge is -2.27. The largest absolute Gasteiger partial charge is 0.343 e. The van der Waals surface area contributed by atoms with Crippen molar-refractivity contribution in [1.29, 1.82) is 0 Å². The van der Waals surface area contributed by atoms with Crippen LogP contribution in [0.4, 0.5) is 26.3 Å². The van der Waals surface area contributed by atoms with E-state index in [2.05, 4.69) is 0 Å². The fourth-order valence-electron chi connectivity index (χ4n) is 1.61. The fraction of sp³-hybridized carbons (Fsp3) is 0.500. The number of thioether (sulfide) groups is 1. The SMILES string of the molecule is O=C(SCCCC(F)(F)C(F)(F)C(F)CF)c1ccccc1. The van der Waals surface area contributed by atoms with Crippen molar-refractivity contribution in [2.24, 2.45) is 0 Å². The molecule has 1 atom stereocenters. The van der Waals surface area contributed by atoms with Crippen molar-refractivity contribution in [2.75, 3.05) is 12.4 Å². The first-order valence-corrected chi connectivity index (χ1v) is 7.39. The van der Waals surface area contributed by atoms with Gasteiger partial charge in [-0.3, -0.25) is 4.79 Å². The molecule has 1 aromatic carbocycles. The molecule has 0 aromatic heterocycles. The molecular formula is C14H14F6OS. The Kier molecular flexibility index (Phi) is 6.77. The zero-order chi connectivity index (χ0) is 16.8. The summed E-state index contributed by atoms with van der Waals surface area (Å²) in [5, 5.41) is -0.372. The first kappa shape index (κ1) is 18.9. The number of carbonyl (C=O) groups is 1. The van der Waals surface area contributed by atoms with Gasteiger partial charge in [-0.2, -0.15) is 17.6 Å². The van der Waals surface area contributed by atoms with Gasteiger partial charge in [0.25, 0.3) is 0 Å². The number of hydrogen-bond acceptors (Lipinski definition) is 2. The first-order chi connectivity index (χ1) is 10.2. The van der Waals surface area contributed by atoms with Gasteiger partial charge in [0.2, 0.25) is 5.12 Å². The van der Waals surface area contributed by atoms with E-state index in [1.54, 1.807) is 18.2 Å². The summed E-state index contributed by atoms with van der Waals surface area (Å²) in [5.74, 6) is -9.84. The van der Waals surface area contributed by atoms with Crippen LogP contribution in [0.2, 0.25) is 0 Å². The maximum atomic E-state index is 13.2. The quantitative estimate of drug-likeness (QED) is 0.492. The molecule has 0 N–H and O–H groups in total. The van der Waals surface area contributed by atoms with Gasteiger partial charge in [-0.25, -0.2) is 8.78 Å². The number of halogens is 6. The van der Waals surface area contributed by atoms with Crippen molar-refractivity contribution in [3.05, 3.63) is 35.9 Å². The van der Waals surface area contributed by atoms with E-state index >= 15 is 0 Å². The molecule has 0 saturated carbocycles. The highest BCUT2D eigenvalue weighted by molar-refractivity contribution is 8.14. The summed E-state index contributed by atoms with van der Waals surface area (Å²) in [7, 11) is 0. The Labute approximate surface area is 128 Å². The zero-order valence-electron chi connectivity index (χ0n) is 11.4. The van der Waals surface area contributed by atoms with Crippen LogP contribution in [0.5, 0.6) is 0 Å². The molecule has 0 aliphatic heterocycles. The van der Waals surface area contributed by atoms with Crippen LogP contribution in [0.1, 0.15) is 23.2 Å². The molecule has 1 unspecified atom stereocenters. The minimum Gasteiger partial charge on any atom is -0.282 e. The van der Waals surface area contributed by atoms with Crippen molar-refractivity contribution in [3.63, 3.8) is 0 Å². The highest BCUT2D eigenvalue weighted by Gasteiger charge is 2.61. The maximum absolute atomic E-state index is 13.2. The van der Waals surface area contributed by atoms with Crippen LogP contribution in [0.15, 0.2) is 30.3 Å². The van der Waals surface area contributed by atoms with Crippen LogP contribution in [-0.4, -0.2) is 35.6 Å². The monoisotopic (exact) mass is 344 g/mol. The number of alkyl halides is 6. The molecule has 0 aliphatic rings. The molecule has 124 valence electrons. The van der Waals surface area contributed by atoms with Gasteiger partial charge in [-0.1, -0.05) is 42.1 Å². The van der Waals surface area contributed by atoms with Crippen LogP contribution in [0, 0.1) is 0 Å². The van der Waals surface area contributed by atoms with Crippen LogP contribution < -0.4 is 0 Å². The number of carbonyl (C=O) groups excluding carboxylic acids is 1. The Bertz CT molecular complexity index is 479. The topological polar surface area (TPSA) is 17.1 Å². The van der Waals surface area contributed by atoms with Gasteiger partial charge in [-0.15, -0.1) is 0 Å². The highest BCUT2D eigenvalue weighted by atomic mass is 32.2.